The van der Waals surface area contributed by atoms with E-state index in [2.05, 4.69) is 20.5 Å². The molecule has 0 saturated heterocycles. The lowest BCUT2D eigenvalue weighted by molar-refractivity contribution is -0.307. The molecule has 1 aromatic carbocycles. The lowest BCUT2D eigenvalue weighted by Gasteiger charge is -2.09. The van der Waals surface area contributed by atoms with Crippen LogP contribution in [-0.4, -0.2) is 28.3 Å². The number of carboxylic acid groups (broad SMARTS) is 1. The van der Waals surface area contributed by atoms with Crippen LogP contribution in [0, 0.1) is 13.8 Å². The molecule has 2 rings (SSSR count). The minimum Gasteiger partial charge on any atom is -0.546 e. The molecule has 1 aromatic heterocycles. The number of ether oxygens (including phenoxy) is 1. The molecule has 1 N–H and O–H groups in total. The summed E-state index contributed by atoms with van der Waals surface area (Å²) in [7, 11) is 0. The van der Waals surface area contributed by atoms with Gasteiger partial charge >= 0.3 is 0 Å². The average Bonchev–Trinajstić information content (AvgIpc) is 2.53. The van der Waals surface area contributed by atoms with Gasteiger partial charge in [-0.15, -0.1) is 0 Å². The minimum atomic E-state index is -1.26. The zero-order chi connectivity index (χ0) is 17.5. The quantitative estimate of drug-likeness (QED) is 0.610. The average molecular weight is 327 g/mol. The maximum Gasteiger partial charge on any atom is 0.243 e. The molecule has 1 heterocycles. The molecule has 0 bridgehead atoms. The Morgan fingerprint density at radius 2 is 1.83 bits per heavy atom. The molecule has 0 spiro atoms. The molecule has 24 heavy (non-hydrogen) atoms. The highest BCUT2D eigenvalue weighted by molar-refractivity contribution is 6.00. The molecule has 0 aliphatic rings. The maximum absolute atomic E-state index is 10.4. The van der Waals surface area contributed by atoms with Crippen molar-refractivity contribution < 1.29 is 14.6 Å². The van der Waals surface area contributed by atoms with Crippen LogP contribution in [0.3, 0.4) is 0 Å². The number of carbonyl (C=O) groups is 1. The van der Waals surface area contributed by atoms with E-state index < -0.39 is 12.6 Å². The van der Waals surface area contributed by atoms with Crippen molar-refractivity contribution in [2.75, 3.05) is 12.0 Å². The molecule has 0 aliphatic carbocycles. The Kier molecular flexibility index (Phi) is 5.83. The smallest absolute Gasteiger partial charge is 0.243 e. The summed E-state index contributed by atoms with van der Waals surface area (Å²) in [5.74, 6) is -0.344. The van der Waals surface area contributed by atoms with Gasteiger partial charge in [-0.2, -0.15) is 5.10 Å². The molecule has 0 amide bonds. The fourth-order valence-electron chi connectivity index (χ4n) is 2.13. The summed E-state index contributed by atoms with van der Waals surface area (Å²) in [5.41, 5.74) is 6.34. The Morgan fingerprint density at radius 1 is 1.21 bits per heavy atom. The first-order valence-electron chi connectivity index (χ1n) is 7.56. The van der Waals surface area contributed by atoms with Crippen LogP contribution in [0.15, 0.2) is 35.4 Å². The van der Waals surface area contributed by atoms with Crippen molar-refractivity contribution in [2.24, 2.45) is 5.10 Å². The Morgan fingerprint density at radius 3 is 2.38 bits per heavy atom. The summed E-state index contributed by atoms with van der Waals surface area (Å²) in [6, 6.07) is 8.91. The summed E-state index contributed by atoms with van der Waals surface area (Å²) in [6.07, 6.45) is 0.705. The number of aliphatic carboxylic acids is 1. The number of nitrogens with zero attached hydrogens (tertiary/aromatic N) is 3. The molecule has 0 saturated carbocycles. The van der Waals surface area contributed by atoms with E-state index in [1.165, 1.54) is 0 Å². The van der Waals surface area contributed by atoms with Crippen LogP contribution in [0.5, 0.6) is 5.75 Å². The molecule has 7 heteroatoms. The van der Waals surface area contributed by atoms with Crippen molar-refractivity contribution in [3.63, 3.8) is 0 Å². The number of hydrogen-bond donors (Lipinski definition) is 1. The van der Waals surface area contributed by atoms with Gasteiger partial charge < -0.3 is 14.6 Å². The van der Waals surface area contributed by atoms with E-state index in [9.17, 15) is 9.90 Å². The molecular formula is C17H19N4O3-. The summed E-state index contributed by atoms with van der Waals surface area (Å²) in [6.45, 7) is 5.31. The van der Waals surface area contributed by atoms with E-state index in [0.717, 1.165) is 22.7 Å². The largest absolute Gasteiger partial charge is 0.546 e. The Bertz CT molecular complexity index is 722. The topological polar surface area (TPSA) is 99.5 Å². The summed E-state index contributed by atoms with van der Waals surface area (Å²) in [5, 5.41) is 14.8. The first kappa shape index (κ1) is 17.4. The highest BCUT2D eigenvalue weighted by atomic mass is 16.5. The van der Waals surface area contributed by atoms with E-state index in [0.29, 0.717) is 18.1 Å². The molecule has 0 unspecified atom stereocenters. The molecule has 0 atom stereocenters. The number of hydrogen-bond acceptors (Lipinski definition) is 7. The van der Waals surface area contributed by atoms with Gasteiger partial charge in [0.2, 0.25) is 5.95 Å². The van der Waals surface area contributed by atoms with E-state index in [-0.39, 0.29) is 0 Å². The zero-order valence-corrected chi connectivity index (χ0v) is 13.9. The fourth-order valence-corrected chi connectivity index (χ4v) is 2.13. The van der Waals surface area contributed by atoms with Crippen LogP contribution in [0.4, 0.5) is 5.95 Å². The Balaban J connectivity index is 2.10. The number of aromatic nitrogens is 2. The number of rotatable bonds is 7. The van der Waals surface area contributed by atoms with Gasteiger partial charge in [-0.1, -0.05) is 6.92 Å². The second-order valence-corrected chi connectivity index (χ2v) is 5.18. The summed E-state index contributed by atoms with van der Waals surface area (Å²) < 4.78 is 5.05. The van der Waals surface area contributed by atoms with E-state index in [1.54, 1.807) is 12.1 Å². The lowest BCUT2D eigenvalue weighted by Crippen LogP contribution is -2.28. The molecule has 7 nitrogen and oxygen atoms in total. The van der Waals surface area contributed by atoms with Crippen LogP contribution in [0.2, 0.25) is 0 Å². The van der Waals surface area contributed by atoms with Gasteiger partial charge in [0, 0.05) is 11.4 Å². The van der Waals surface area contributed by atoms with Crippen molar-refractivity contribution in [1.29, 1.82) is 0 Å². The first-order valence-corrected chi connectivity index (χ1v) is 7.56. The minimum absolute atomic E-state index is 0.451. The third kappa shape index (κ3) is 5.05. The van der Waals surface area contributed by atoms with Crippen molar-refractivity contribution in [3.8, 4) is 5.75 Å². The SMILES string of the molecule is CC/C(=N/Nc1nc(C)cc(C)n1)c1ccc(OCC(=O)[O-])cc1. The van der Waals surface area contributed by atoms with Gasteiger partial charge in [0.15, 0.2) is 0 Å². The fraction of sp³-hybridized carbons (Fsp3) is 0.294. The molecule has 0 radical (unpaired) electrons. The number of carbonyl (C=O) groups excluding carboxylic acids is 1. The highest BCUT2D eigenvalue weighted by Gasteiger charge is 2.04. The number of hydrazone groups is 1. The molecule has 2 aromatic rings. The first-order chi connectivity index (χ1) is 11.5. The van der Waals surface area contributed by atoms with Crippen LogP contribution < -0.4 is 15.3 Å². The van der Waals surface area contributed by atoms with Gasteiger partial charge in [0.25, 0.3) is 0 Å². The number of carboxylic acids is 1. The van der Waals surface area contributed by atoms with Gasteiger partial charge in [-0.3, -0.25) is 0 Å². The van der Waals surface area contributed by atoms with Crippen molar-refractivity contribution in [1.82, 2.24) is 9.97 Å². The second-order valence-electron chi connectivity index (χ2n) is 5.18. The predicted octanol–water partition coefficient (Wildman–Crippen LogP) is 1.45. The van der Waals surface area contributed by atoms with Gasteiger partial charge in [0.1, 0.15) is 12.4 Å². The van der Waals surface area contributed by atoms with Crippen LogP contribution >= 0.6 is 0 Å². The summed E-state index contributed by atoms with van der Waals surface area (Å²) >= 11 is 0. The molecule has 0 fully saturated rings. The standard InChI is InChI=1S/C17H20N4O3/c1-4-15(20-21-17-18-11(2)9-12(3)19-17)13-5-7-14(8-6-13)24-10-16(22)23/h5-9H,4,10H2,1-3H3,(H,22,23)(H,18,19,21)/p-1/b20-15-. The zero-order valence-electron chi connectivity index (χ0n) is 13.9. The number of benzene rings is 1. The molecule has 0 aliphatic heterocycles. The lowest BCUT2D eigenvalue weighted by atomic mass is 10.1. The second kappa shape index (κ2) is 8.05. The third-order valence-electron chi connectivity index (χ3n) is 3.15. The third-order valence-corrected chi connectivity index (χ3v) is 3.15. The van der Waals surface area contributed by atoms with Gasteiger partial charge in [0.05, 0.1) is 11.7 Å². The van der Waals surface area contributed by atoms with E-state index in [4.69, 9.17) is 4.74 Å². The predicted molar refractivity (Wildman–Crippen MR) is 88.9 cm³/mol. The monoisotopic (exact) mass is 327 g/mol. The van der Waals surface area contributed by atoms with Crippen LogP contribution in [-0.2, 0) is 4.79 Å². The highest BCUT2D eigenvalue weighted by Crippen LogP contribution is 2.14. The summed E-state index contributed by atoms with van der Waals surface area (Å²) in [4.78, 5) is 18.9. The van der Waals surface area contributed by atoms with Crippen LogP contribution in [0.25, 0.3) is 0 Å². The number of aryl methyl sites for hydroxylation is 2. The van der Waals surface area contributed by atoms with E-state index in [1.807, 2.05) is 39.0 Å². The molecule has 126 valence electrons. The Hall–Kier alpha value is -2.96. The normalized spacial score (nSPS) is 11.2. The van der Waals surface area contributed by atoms with Crippen molar-refractivity contribution in [3.05, 3.63) is 47.3 Å². The number of nitrogens with one attached hydrogen (secondary N) is 1. The van der Waals surface area contributed by atoms with Crippen molar-refractivity contribution in [2.45, 2.75) is 27.2 Å². The van der Waals surface area contributed by atoms with E-state index >= 15 is 0 Å². The molecular weight excluding hydrogens is 308 g/mol. The van der Waals surface area contributed by atoms with Gasteiger partial charge in [-0.05, 0) is 56.2 Å². The van der Waals surface area contributed by atoms with Crippen LogP contribution in [0.1, 0.15) is 30.3 Å². The number of anilines is 1. The van der Waals surface area contributed by atoms with Gasteiger partial charge in [-0.25, -0.2) is 15.4 Å². The van der Waals surface area contributed by atoms with Crippen molar-refractivity contribution >= 4 is 17.6 Å². The Labute approximate surface area is 140 Å². The maximum atomic E-state index is 10.4.